The van der Waals surface area contributed by atoms with E-state index in [1.54, 1.807) is 18.2 Å². The summed E-state index contributed by atoms with van der Waals surface area (Å²) in [6.07, 6.45) is 0. The summed E-state index contributed by atoms with van der Waals surface area (Å²) >= 11 is 5.80. The van der Waals surface area contributed by atoms with E-state index >= 15 is 0 Å². The first-order chi connectivity index (χ1) is 9.40. The summed E-state index contributed by atoms with van der Waals surface area (Å²) < 4.78 is 26.6. The van der Waals surface area contributed by atoms with Gasteiger partial charge in [0, 0.05) is 5.69 Å². The number of hydrogen-bond donors (Lipinski definition) is 2. The summed E-state index contributed by atoms with van der Waals surface area (Å²) in [5, 5.41) is 0.167. The van der Waals surface area contributed by atoms with Gasteiger partial charge in [-0.15, -0.1) is 0 Å². The molecule has 104 valence electrons. The van der Waals surface area contributed by atoms with Crippen molar-refractivity contribution in [2.45, 2.75) is 4.90 Å². The van der Waals surface area contributed by atoms with Crippen LogP contribution in [0.1, 0.15) is 10.4 Å². The lowest BCUT2D eigenvalue weighted by molar-refractivity contribution is 0.100. The van der Waals surface area contributed by atoms with Crippen molar-refractivity contribution in [3.63, 3.8) is 0 Å². The summed E-state index contributed by atoms with van der Waals surface area (Å²) in [5.41, 5.74) is 5.43. The molecule has 0 atom stereocenters. The summed E-state index contributed by atoms with van der Waals surface area (Å²) in [5.74, 6) is -0.726. The Hall–Kier alpha value is -2.05. The van der Waals surface area contributed by atoms with Crippen LogP contribution < -0.4 is 10.5 Å². The fourth-order valence-electron chi connectivity index (χ4n) is 1.59. The van der Waals surface area contributed by atoms with Gasteiger partial charge in [0.15, 0.2) is 0 Å². The number of rotatable bonds is 4. The third-order valence-corrected chi connectivity index (χ3v) is 4.26. The molecule has 2 aromatic carbocycles. The van der Waals surface area contributed by atoms with E-state index in [0.29, 0.717) is 0 Å². The molecule has 0 fully saturated rings. The van der Waals surface area contributed by atoms with Gasteiger partial charge in [-0.1, -0.05) is 29.8 Å². The molecule has 3 N–H and O–H groups in total. The average molecular weight is 311 g/mol. The minimum absolute atomic E-state index is 0.0555. The van der Waals surface area contributed by atoms with Gasteiger partial charge in [0.05, 0.1) is 15.5 Å². The Morgan fingerprint density at radius 1 is 1.10 bits per heavy atom. The van der Waals surface area contributed by atoms with E-state index in [9.17, 15) is 13.2 Å². The van der Waals surface area contributed by atoms with Gasteiger partial charge in [-0.05, 0) is 30.3 Å². The molecule has 5 nitrogen and oxygen atoms in total. The summed E-state index contributed by atoms with van der Waals surface area (Å²) in [7, 11) is -3.71. The lowest BCUT2D eigenvalue weighted by Crippen LogP contribution is -2.15. The normalized spacial score (nSPS) is 11.1. The summed E-state index contributed by atoms with van der Waals surface area (Å²) in [4.78, 5) is 11.3. The van der Waals surface area contributed by atoms with E-state index in [4.69, 9.17) is 17.3 Å². The maximum absolute atomic E-state index is 12.1. The Kier molecular flexibility index (Phi) is 3.96. The third kappa shape index (κ3) is 3.09. The first kappa shape index (κ1) is 14.4. The first-order valence-electron chi connectivity index (χ1n) is 5.57. The SMILES string of the molecule is NC(=O)c1cc(NS(=O)(=O)c2ccccc2)ccc1Cl. The van der Waals surface area contributed by atoms with Gasteiger partial charge < -0.3 is 5.73 Å². The molecule has 0 aliphatic rings. The van der Waals surface area contributed by atoms with E-state index < -0.39 is 15.9 Å². The van der Waals surface area contributed by atoms with Crippen LogP contribution in [0.15, 0.2) is 53.4 Å². The van der Waals surface area contributed by atoms with E-state index in [1.165, 1.54) is 30.3 Å². The van der Waals surface area contributed by atoms with Crippen LogP contribution in [0, 0.1) is 0 Å². The largest absolute Gasteiger partial charge is 0.366 e. The van der Waals surface area contributed by atoms with Crippen LogP contribution in [0.25, 0.3) is 0 Å². The van der Waals surface area contributed by atoms with E-state index in [1.807, 2.05) is 0 Å². The number of nitrogens with two attached hydrogens (primary N) is 1. The number of benzene rings is 2. The minimum Gasteiger partial charge on any atom is -0.366 e. The Labute approximate surface area is 121 Å². The predicted molar refractivity (Wildman–Crippen MR) is 77.2 cm³/mol. The van der Waals surface area contributed by atoms with Crippen LogP contribution in [0.2, 0.25) is 5.02 Å². The lowest BCUT2D eigenvalue weighted by Gasteiger charge is -2.09. The minimum atomic E-state index is -3.71. The second-order valence-electron chi connectivity index (χ2n) is 3.98. The van der Waals surface area contributed by atoms with Crippen LogP contribution >= 0.6 is 11.6 Å². The number of nitrogens with one attached hydrogen (secondary N) is 1. The van der Waals surface area contributed by atoms with Crippen LogP contribution in [0.3, 0.4) is 0 Å². The fraction of sp³-hybridized carbons (Fsp3) is 0. The van der Waals surface area contributed by atoms with Gasteiger partial charge in [-0.2, -0.15) is 0 Å². The molecule has 0 aromatic heterocycles. The lowest BCUT2D eigenvalue weighted by atomic mass is 10.2. The maximum atomic E-state index is 12.1. The van der Waals surface area contributed by atoms with Gasteiger partial charge in [-0.3, -0.25) is 9.52 Å². The molecule has 0 heterocycles. The molecule has 20 heavy (non-hydrogen) atoms. The van der Waals surface area contributed by atoms with Crippen LogP contribution in [0.5, 0.6) is 0 Å². The average Bonchev–Trinajstić information content (AvgIpc) is 2.41. The van der Waals surface area contributed by atoms with Crippen molar-refractivity contribution in [2.24, 2.45) is 5.73 Å². The molecular formula is C13H11ClN2O3S. The Morgan fingerprint density at radius 2 is 1.75 bits per heavy atom. The highest BCUT2D eigenvalue weighted by Gasteiger charge is 2.15. The summed E-state index contributed by atoms with van der Waals surface area (Å²) in [6, 6.07) is 12.0. The van der Waals surface area contributed by atoms with Gasteiger partial charge in [0.25, 0.3) is 10.0 Å². The predicted octanol–water partition coefficient (Wildman–Crippen LogP) is 2.24. The van der Waals surface area contributed by atoms with Gasteiger partial charge in [0.1, 0.15) is 0 Å². The topological polar surface area (TPSA) is 89.3 Å². The van der Waals surface area contributed by atoms with Crippen molar-refractivity contribution >= 4 is 33.2 Å². The van der Waals surface area contributed by atoms with Gasteiger partial charge >= 0.3 is 0 Å². The standard InChI is InChI=1S/C13H11ClN2O3S/c14-12-7-6-9(8-11(12)13(15)17)16-20(18,19)10-4-2-1-3-5-10/h1-8,16H,(H2,15,17). The zero-order valence-corrected chi connectivity index (χ0v) is 11.8. The van der Waals surface area contributed by atoms with E-state index in [-0.39, 0.29) is 21.2 Å². The molecule has 0 aliphatic heterocycles. The Bertz CT molecular complexity index is 745. The van der Waals surface area contributed by atoms with Crippen LogP contribution in [-0.2, 0) is 10.0 Å². The third-order valence-electron chi connectivity index (χ3n) is 2.54. The highest BCUT2D eigenvalue weighted by molar-refractivity contribution is 7.92. The molecule has 7 heteroatoms. The first-order valence-corrected chi connectivity index (χ1v) is 7.43. The van der Waals surface area contributed by atoms with Crippen LogP contribution in [0.4, 0.5) is 5.69 Å². The molecule has 2 aromatic rings. The van der Waals surface area contributed by atoms with Crippen molar-refractivity contribution in [3.05, 3.63) is 59.1 Å². The van der Waals surface area contributed by atoms with Crippen molar-refractivity contribution in [1.29, 1.82) is 0 Å². The van der Waals surface area contributed by atoms with Crippen molar-refractivity contribution in [2.75, 3.05) is 4.72 Å². The molecule has 2 rings (SSSR count). The second kappa shape index (κ2) is 5.52. The van der Waals surface area contributed by atoms with Gasteiger partial charge in [0.2, 0.25) is 5.91 Å². The smallest absolute Gasteiger partial charge is 0.261 e. The quantitative estimate of drug-likeness (QED) is 0.907. The second-order valence-corrected chi connectivity index (χ2v) is 6.07. The molecule has 0 aliphatic carbocycles. The molecule has 0 radical (unpaired) electrons. The highest BCUT2D eigenvalue weighted by atomic mass is 35.5. The van der Waals surface area contributed by atoms with E-state index in [0.717, 1.165) is 0 Å². The number of primary amides is 1. The monoisotopic (exact) mass is 310 g/mol. The number of carbonyl (C=O) groups excluding carboxylic acids is 1. The number of amides is 1. The molecule has 0 spiro atoms. The van der Waals surface area contributed by atoms with E-state index in [2.05, 4.69) is 4.72 Å². The number of halogens is 1. The molecule has 0 saturated heterocycles. The van der Waals surface area contributed by atoms with Crippen molar-refractivity contribution in [3.8, 4) is 0 Å². The molecule has 1 amide bonds. The molecule has 0 unspecified atom stereocenters. The number of sulfonamides is 1. The Balaban J connectivity index is 2.36. The van der Waals surface area contributed by atoms with Crippen molar-refractivity contribution < 1.29 is 13.2 Å². The Morgan fingerprint density at radius 3 is 2.35 bits per heavy atom. The number of hydrogen-bond acceptors (Lipinski definition) is 3. The highest BCUT2D eigenvalue weighted by Crippen LogP contribution is 2.22. The zero-order valence-electron chi connectivity index (χ0n) is 10.2. The van der Waals surface area contributed by atoms with Crippen molar-refractivity contribution in [1.82, 2.24) is 0 Å². The number of anilines is 1. The zero-order chi connectivity index (χ0) is 14.8. The molecule has 0 saturated carbocycles. The number of carbonyl (C=O) groups is 1. The molecular weight excluding hydrogens is 300 g/mol. The van der Waals surface area contributed by atoms with Crippen LogP contribution in [-0.4, -0.2) is 14.3 Å². The summed E-state index contributed by atoms with van der Waals surface area (Å²) in [6.45, 7) is 0. The molecule has 0 bridgehead atoms. The fourth-order valence-corrected chi connectivity index (χ4v) is 2.87. The maximum Gasteiger partial charge on any atom is 0.261 e. The van der Waals surface area contributed by atoms with Gasteiger partial charge in [-0.25, -0.2) is 8.42 Å².